The fraction of sp³-hybridized carbons (Fsp3) is 0.650. The summed E-state index contributed by atoms with van der Waals surface area (Å²) in [4.78, 5) is 40.3. The van der Waals surface area contributed by atoms with Gasteiger partial charge in [0.1, 0.15) is 29.3 Å². The molecule has 15 heteroatoms. The van der Waals surface area contributed by atoms with Gasteiger partial charge in [-0.3, -0.25) is 19.3 Å². The monoisotopic (exact) mass is 504 g/mol. The molecule has 15 N–H and O–H groups in total. The summed E-state index contributed by atoms with van der Waals surface area (Å²) in [5.41, 5.74) is 18.2. The van der Waals surface area contributed by atoms with Crippen molar-refractivity contribution in [2.75, 3.05) is 45.9 Å². The molecule has 1 aliphatic rings. The highest BCUT2D eigenvalue weighted by Gasteiger charge is 2.56. The van der Waals surface area contributed by atoms with Gasteiger partial charge in [-0.25, -0.2) is 0 Å². The van der Waals surface area contributed by atoms with Gasteiger partial charge in [-0.2, -0.15) is 0 Å². The van der Waals surface area contributed by atoms with Crippen LogP contribution in [0.3, 0.4) is 0 Å². The molecular formula is C20H36N6O9. The first-order valence-electron chi connectivity index (χ1n) is 10.8. The molecular weight excluding hydrogens is 468 g/mol. The van der Waals surface area contributed by atoms with E-state index in [1.165, 1.54) is 0 Å². The Hall–Kier alpha value is -2.47. The molecule has 0 saturated carbocycles. The van der Waals surface area contributed by atoms with Gasteiger partial charge in [0.05, 0.1) is 30.9 Å². The van der Waals surface area contributed by atoms with Crippen LogP contribution in [-0.4, -0.2) is 129 Å². The second-order valence-electron chi connectivity index (χ2n) is 8.18. The van der Waals surface area contributed by atoms with Crippen LogP contribution in [0.15, 0.2) is 22.7 Å². The van der Waals surface area contributed by atoms with Crippen LogP contribution in [0.4, 0.5) is 0 Å². The molecule has 0 fully saturated rings. The summed E-state index contributed by atoms with van der Waals surface area (Å²) in [6, 6.07) is -2.72. The molecule has 0 aromatic carbocycles. The van der Waals surface area contributed by atoms with Crippen molar-refractivity contribution in [1.82, 2.24) is 10.2 Å². The van der Waals surface area contributed by atoms with Crippen molar-refractivity contribution in [3.05, 3.63) is 22.7 Å². The zero-order chi connectivity index (χ0) is 27.1. The highest BCUT2D eigenvalue weighted by molar-refractivity contribution is 6.10. The first-order chi connectivity index (χ1) is 16.3. The topological polar surface area (TPSA) is 292 Å². The average molecular weight is 505 g/mol. The van der Waals surface area contributed by atoms with E-state index in [-0.39, 0.29) is 19.6 Å². The van der Waals surface area contributed by atoms with Gasteiger partial charge in [-0.15, -0.1) is 0 Å². The Morgan fingerprint density at radius 3 is 2.06 bits per heavy atom. The molecule has 1 rings (SSSR count). The SMILES string of the molecule is C[C@H](O)C(=O)C1=C(O)C(N)(C(=O)C(N)CN(CCN)CCN)C(O)C(C(=O)NC(CO)CO)=C1O. The van der Waals surface area contributed by atoms with Gasteiger partial charge >= 0.3 is 0 Å². The van der Waals surface area contributed by atoms with E-state index in [1.807, 2.05) is 0 Å². The molecule has 35 heavy (non-hydrogen) atoms. The summed E-state index contributed by atoms with van der Waals surface area (Å²) >= 11 is 0. The number of nitrogens with one attached hydrogen (secondary N) is 1. The van der Waals surface area contributed by atoms with Gasteiger partial charge < -0.3 is 58.9 Å². The molecule has 0 aromatic heterocycles. The van der Waals surface area contributed by atoms with Crippen LogP contribution in [0.25, 0.3) is 0 Å². The lowest BCUT2D eigenvalue weighted by molar-refractivity contribution is -0.130. The number of hydrogen-bond donors (Lipinski definition) is 11. The summed E-state index contributed by atoms with van der Waals surface area (Å²) in [5.74, 6) is -6.35. The minimum Gasteiger partial charge on any atom is -0.509 e. The Kier molecular flexibility index (Phi) is 11.4. The van der Waals surface area contributed by atoms with Crippen molar-refractivity contribution in [2.24, 2.45) is 22.9 Å². The van der Waals surface area contributed by atoms with Crippen molar-refractivity contribution in [1.29, 1.82) is 0 Å². The molecule has 3 unspecified atom stereocenters. The molecule has 4 atom stereocenters. The maximum atomic E-state index is 13.3. The third-order valence-corrected chi connectivity index (χ3v) is 5.56. The quantitative estimate of drug-likeness (QED) is 0.105. The van der Waals surface area contributed by atoms with E-state index in [2.05, 4.69) is 5.32 Å². The van der Waals surface area contributed by atoms with Crippen molar-refractivity contribution in [3.8, 4) is 0 Å². The summed E-state index contributed by atoms with van der Waals surface area (Å²) in [6.45, 7) is 0.359. The number of rotatable bonds is 14. The molecule has 1 aliphatic carbocycles. The van der Waals surface area contributed by atoms with Crippen LogP contribution < -0.4 is 28.3 Å². The van der Waals surface area contributed by atoms with Crippen LogP contribution in [0.5, 0.6) is 0 Å². The summed E-state index contributed by atoms with van der Waals surface area (Å²) in [7, 11) is 0. The molecule has 0 heterocycles. The number of aliphatic hydroxyl groups is 6. The highest BCUT2D eigenvalue weighted by Crippen LogP contribution is 2.36. The number of carbonyl (C=O) groups excluding carboxylic acids is 3. The predicted octanol–water partition coefficient (Wildman–Crippen LogP) is -5.78. The molecule has 1 amide bonds. The van der Waals surface area contributed by atoms with Crippen LogP contribution in [0.1, 0.15) is 6.92 Å². The smallest absolute Gasteiger partial charge is 0.254 e. The molecule has 0 spiro atoms. The summed E-state index contributed by atoms with van der Waals surface area (Å²) in [5, 5.41) is 62.6. The first kappa shape index (κ1) is 30.6. The van der Waals surface area contributed by atoms with Crippen molar-refractivity contribution in [3.63, 3.8) is 0 Å². The minimum atomic E-state index is -2.89. The van der Waals surface area contributed by atoms with Crippen molar-refractivity contribution < 1.29 is 45.0 Å². The number of carbonyl (C=O) groups is 3. The van der Waals surface area contributed by atoms with Crippen LogP contribution >= 0.6 is 0 Å². The second-order valence-corrected chi connectivity index (χ2v) is 8.18. The third-order valence-electron chi connectivity index (χ3n) is 5.56. The fourth-order valence-electron chi connectivity index (χ4n) is 3.61. The Morgan fingerprint density at radius 2 is 1.63 bits per heavy atom. The maximum Gasteiger partial charge on any atom is 0.254 e. The molecule has 0 radical (unpaired) electrons. The van der Waals surface area contributed by atoms with Gasteiger partial charge in [-0.05, 0) is 6.92 Å². The third kappa shape index (κ3) is 6.40. The first-order valence-corrected chi connectivity index (χ1v) is 10.8. The lowest BCUT2D eigenvalue weighted by atomic mass is 9.72. The Morgan fingerprint density at radius 1 is 1.11 bits per heavy atom. The maximum absolute atomic E-state index is 13.3. The van der Waals surface area contributed by atoms with Crippen LogP contribution in [0.2, 0.25) is 0 Å². The van der Waals surface area contributed by atoms with Crippen LogP contribution in [-0.2, 0) is 14.4 Å². The van der Waals surface area contributed by atoms with E-state index in [9.17, 15) is 45.0 Å². The van der Waals surface area contributed by atoms with E-state index < -0.39 is 83.2 Å². The molecule has 0 aliphatic heterocycles. The zero-order valence-corrected chi connectivity index (χ0v) is 19.4. The van der Waals surface area contributed by atoms with Crippen LogP contribution in [0, 0.1) is 0 Å². The van der Waals surface area contributed by atoms with E-state index in [1.54, 1.807) is 4.90 Å². The normalized spacial score (nSPS) is 22.5. The highest BCUT2D eigenvalue weighted by atomic mass is 16.3. The van der Waals surface area contributed by atoms with E-state index in [0.717, 1.165) is 6.92 Å². The number of aliphatic hydroxyl groups excluding tert-OH is 6. The number of nitrogens with zero attached hydrogens (tertiary/aromatic N) is 1. The number of nitrogens with two attached hydrogens (primary N) is 4. The average Bonchev–Trinajstić information content (AvgIpc) is 2.80. The molecule has 0 saturated heterocycles. The Bertz CT molecular complexity index is 852. The van der Waals surface area contributed by atoms with Gasteiger partial charge in [-0.1, -0.05) is 0 Å². The molecule has 200 valence electrons. The predicted molar refractivity (Wildman–Crippen MR) is 123 cm³/mol. The largest absolute Gasteiger partial charge is 0.509 e. The van der Waals surface area contributed by atoms with Gasteiger partial charge in [0.15, 0.2) is 17.1 Å². The van der Waals surface area contributed by atoms with Gasteiger partial charge in [0.25, 0.3) is 5.91 Å². The lowest BCUT2D eigenvalue weighted by Gasteiger charge is -2.39. The van der Waals surface area contributed by atoms with E-state index in [0.29, 0.717) is 13.1 Å². The molecule has 15 nitrogen and oxygen atoms in total. The number of hydrogen-bond acceptors (Lipinski definition) is 14. The number of Topliss-reactive ketones (excluding diaryl/α,β-unsaturated/α-hetero) is 2. The zero-order valence-electron chi connectivity index (χ0n) is 19.4. The van der Waals surface area contributed by atoms with Crippen molar-refractivity contribution >= 4 is 17.5 Å². The van der Waals surface area contributed by atoms with E-state index in [4.69, 9.17) is 22.9 Å². The Labute approximate surface area is 201 Å². The van der Waals surface area contributed by atoms with Crippen molar-refractivity contribution in [2.45, 2.75) is 36.8 Å². The fourth-order valence-corrected chi connectivity index (χ4v) is 3.61. The number of ketones is 2. The minimum absolute atomic E-state index is 0.166. The second kappa shape index (κ2) is 13.0. The Balaban J connectivity index is 3.61. The summed E-state index contributed by atoms with van der Waals surface area (Å²) in [6.07, 6.45) is -4.23. The lowest BCUT2D eigenvalue weighted by Crippen LogP contribution is -2.68. The van der Waals surface area contributed by atoms with Gasteiger partial charge in [0, 0.05) is 32.7 Å². The standard InChI is InChI=1S/C20H36N6O9/c1-9(29)14(30)12-15(31)13(19(35)25-10(7-27)8-28)18(34)20(24,17(12)33)16(32)11(23)6-26(4-2-21)5-3-22/h9-11,18,27-29,31,33-34H,2-8,21-24H2,1H3,(H,25,35)/t9-,11?,18?,20?/m0/s1. The molecule has 0 bridgehead atoms. The summed E-state index contributed by atoms with van der Waals surface area (Å²) < 4.78 is 0. The van der Waals surface area contributed by atoms with E-state index >= 15 is 0 Å². The number of amides is 1. The van der Waals surface area contributed by atoms with Gasteiger partial charge in [0.2, 0.25) is 0 Å². The number of allylic oxidation sites excluding steroid dienone is 1. The molecule has 0 aromatic rings.